The van der Waals surface area contributed by atoms with Gasteiger partial charge >= 0.3 is 5.97 Å². The molecule has 0 saturated heterocycles. The Balaban J connectivity index is 1.96. The van der Waals surface area contributed by atoms with Crippen molar-refractivity contribution < 1.29 is 9.90 Å². The number of carboxylic acid groups (broad SMARTS) is 1. The average Bonchev–Trinajstić information content (AvgIpc) is 2.96. The molecule has 1 unspecified atom stereocenters. The van der Waals surface area contributed by atoms with Crippen molar-refractivity contribution in [2.75, 3.05) is 0 Å². The van der Waals surface area contributed by atoms with Crippen molar-refractivity contribution in [2.45, 2.75) is 38.8 Å². The maximum absolute atomic E-state index is 11.2. The highest BCUT2D eigenvalue weighted by molar-refractivity contribution is 9.10. The van der Waals surface area contributed by atoms with E-state index >= 15 is 0 Å². The Hall–Kier alpha value is -1.66. The molecule has 0 aliphatic heterocycles. The molecule has 5 nitrogen and oxygen atoms in total. The van der Waals surface area contributed by atoms with Crippen LogP contribution in [0.4, 0.5) is 0 Å². The van der Waals surface area contributed by atoms with Gasteiger partial charge in [0.05, 0.1) is 11.9 Å². The van der Waals surface area contributed by atoms with E-state index in [1.807, 2.05) is 30.5 Å². The predicted molar refractivity (Wildman–Crippen MR) is 89.1 cm³/mol. The highest BCUT2D eigenvalue weighted by Gasteiger charge is 2.16. The van der Waals surface area contributed by atoms with Gasteiger partial charge in [0, 0.05) is 22.8 Å². The number of hydrogen-bond donors (Lipinski definition) is 2. The summed E-state index contributed by atoms with van der Waals surface area (Å²) in [5, 5.41) is 16.6. The van der Waals surface area contributed by atoms with Gasteiger partial charge in [-0.1, -0.05) is 35.7 Å². The Morgan fingerprint density at radius 2 is 2.14 bits per heavy atom. The highest BCUT2D eigenvalue weighted by Crippen LogP contribution is 2.14. The predicted octanol–water partition coefficient (Wildman–Crippen LogP) is 3.37. The van der Waals surface area contributed by atoms with Gasteiger partial charge < -0.3 is 10.4 Å². The topological polar surface area (TPSA) is 67.2 Å². The Morgan fingerprint density at radius 3 is 2.77 bits per heavy atom. The van der Waals surface area contributed by atoms with E-state index in [0.717, 1.165) is 28.6 Å². The van der Waals surface area contributed by atoms with Crippen LogP contribution in [-0.4, -0.2) is 26.9 Å². The summed E-state index contributed by atoms with van der Waals surface area (Å²) in [6.45, 7) is 2.55. The van der Waals surface area contributed by atoms with Crippen molar-refractivity contribution in [3.05, 3.63) is 46.7 Å². The zero-order chi connectivity index (χ0) is 15.9. The third-order valence-electron chi connectivity index (χ3n) is 3.42. The molecule has 2 aromatic rings. The van der Waals surface area contributed by atoms with Crippen LogP contribution in [0.25, 0.3) is 5.69 Å². The van der Waals surface area contributed by atoms with Crippen LogP contribution in [0.1, 0.15) is 31.7 Å². The number of hydrogen-bond acceptors (Lipinski definition) is 3. The Morgan fingerprint density at radius 1 is 1.41 bits per heavy atom. The molecular formula is C16H20BrN3O2. The van der Waals surface area contributed by atoms with Crippen LogP contribution >= 0.6 is 15.9 Å². The molecule has 1 atom stereocenters. The van der Waals surface area contributed by atoms with Crippen LogP contribution in [0, 0.1) is 0 Å². The molecule has 2 rings (SSSR count). The van der Waals surface area contributed by atoms with Crippen LogP contribution in [0.2, 0.25) is 0 Å². The molecule has 0 aliphatic carbocycles. The summed E-state index contributed by atoms with van der Waals surface area (Å²) in [5.41, 5.74) is 1.93. The third kappa shape index (κ3) is 4.68. The smallest absolute Gasteiger partial charge is 0.320 e. The molecule has 1 aromatic carbocycles. The summed E-state index contributed by atoms with van der Waals surface area (Å²) < 4.78 is 2.80. The quantitative estimate of drug-likeness (QED) is 0.752. The van der Waals surface area contributed by atoms with Crippen molar-refractivity contribution in [2.24, 2.45) is 0 Å². The Kier molecular flexibility index (Phi) is 6.15. The molecule has 118 valence electrons. The molecule has 0 fully saturated rings. The lowest BCUT2D eigenvalue weighted by Gasteiger charge is -2.12. The van der Waals surface area contributed by atoms with Gasteiger partial charge in [-0.25, -0.2) is 4.68 Å². The molecule has 0 radical (unpaired) electrons. The van der Waals surface area contributed by atoms with Gasteiger partial charge in [0.25, 0.3) is 0 Å². The number of nitrogens with zero attached hydrogens (tertiary/aromatic N) is 2. The molecule has 6 heteroatoms. The maximum atomic E-state index is 11.2. The second-order valence-electron chi connectivity index (χ2n) is 5.18. The van der Waals surface area contributed by atoms with Gasteiger partial charge in [-0.2, -0.15) is 5.10 Å². The van der Waals surface area contributed by atoms with Crippen LogP contribution in [-0.2, 0) is 11.3 Å². The minimum absolute atomic E-state index is 0.497. The number of carbonyl (C=O) groups is 1. The Labute approximate surface area is 138 Å². The SMILES string of the molecule is CCCCC(NCc1cnn(-c2ccc(Br)cc2)c1)C(=O)O. The number of halogens is 1. The minimum atomic E-state index is -0.797. The van der Waals surface area contributed by atoms with Crippen LogP contribution < -0.4 is 5.32 Å². The van der Waals surface area contributed by atoms with Gasteiger partial charge in [-0.15, -0.1) is 0 Å². The standard InChI is InChI=1S/C16H20BrN3O2/c1-2-3-4-15(16(21)22)18-9-12-10-19-20(11-12)14-7-5-13(17)6-8-14/h5-8,10-11,15,18H,2-4,9H2,1H3,(H,21,22). The summed E-state index contributed by atoms with van der Waals surface area (Å²) in [6.07, 6.45) is 6.21. The summed E-state index contributed by atoms with van der Waals surface area (Å²) in [6, 6.07) is 7.35. The lowest BCUT2D eigenvalue weighted by atomic mass is 10.1. The second kappa shape index (κ2) is 8.10. The van der Waals surface area contributed by atoms with E-state index < -0.39 is 12.0 Å². The fourth-order valence-electron chi connectivity index (χ4n) is 2.15. The normalized spacial score (nSPS) is 12.3. The zero-order valence-corrected chi connectivity index (χ0v) is 14.1. The van der Waals surface area contributed by atoms with E-state index in [9.17, 15) is 9.90 Å². The first kappa shape index (κ1) is 16.7. The fraction of sp³-hybridized carbons (Fsp3) is 0.375. The van der Waals surface area contributed by atoms with Crippen molar-refractivity contribution in [3.8, 4) is 5.69 Å². The van der Waals surface area contributed by atoms with Gasteiger partial charge in [0.15, 0.2) is 0 Å². The van der Waals surface area contributed by atoms with Crippen molar-refractivity contribution in [3.63, 3.8) is 0 Å². The number of carboxylic acids is 1. The first-order valence-corrected chi connectivity index (χ1v) is 8.15. The number of aliphatic carboxylic acids is 1. The maximum Gasteiger partial charge on any atom is 0.320 e. The van der Waals surface area contributed by atoms with E-state index in [4.69, 9.17) is 0 Å². The van der Waals surface area contributed by atoms with Crippen LogP contribution in [0.5, 0.6) is 0 Å². The van der Waals surface area contributed by atoms with Crippen LogP contribution in [0.15, 0.2) is 41.1 Å². The molecule has 2 N–H and O–H groups in total. The molecule has 0 saturated carbocycles. The minimum Gasteiger partial charge on any atom is -0.480 e. The molecule has 22 heavy (non-hydrogen) atoms. The second-order valence-corrected chi connectivity index (χ2v) is 6.10. The van der Waals surface area contributed by atoms with Crippen molar-refractivity contribution in [1.29, 1.82) is 0 Å². The molecule has 1 heterocycles. The largest absolute Gasteiger partial charge is 0.480 e. The van der Waals surface area contributed by atoms with Gasteiger partial charge in [0.2, 0.25) is 0 Å². The van der Waals surface area contributed by atoms with Gasteiger partial charge in [-0.05, 0) is 30.7 Å². The molecular weight excluding hydrogens is 346 g/mol. The number of unbranched alkanes of at least 4 members (excludes halogenated alkanes) is 1. The van der Waals surface area contributed by atoms with Crippen molar-refractivity contribution in [1.82, 2.24) is 15.1 Å². The zero-order valence-electron chi connectivity index (χ0n) is 12.5. The van der Waals surface area contributed by atoms with E-state index in [1.165, 1.54) is 0 Å². The van der Waals surface area contributed by atoms with E-state index in [0.29, 0.717) is 13.0 Å². The van der Waals surface area contributed by atoms with Gasteiger partial charge in [-0.3, -0.25) is 4.79 Å². The lowest BCUT2D eigenvalue weighted by Crippen LogP contribution is -2.36. The average molecular weight is 366 g/mol. The Bertz CT molecular complexity index is 610. The summed E-state index contributed by atoms with van der Waals surface area (Å²) in [4.78, 5) is 11.2. The highest BCUT2D eigenvalue weighted by atomic mass is 79.9. The van der Waals surface area contributed by atoms with Crippen molar-refractivity contribution >= 4 is 21.9 Å². The molecule has 0 amide bonds. The first-order chi connectivity index (χ1) is 10.6. The summed E-state index contributed by atoms with van der Waals surface area (Å²) in [5.74, 6) is -0.797. The lowest BCUT2D eigenvalue weighted by molar-refractivity contribution is -0.139. The van der Waals surface area contributed by atoms with Crippen LogP contribution in [0.3, 0.4) is 0 Å². The first-order valence-electron chi connectivity index (χ1n) is 7.36. The molecule has 0 bridgehead atoms. The molecule has 1 aromatic heterocycles. The molecule has 0 spiro atoms. The summed E-state index contributed by atoms with van der Waals surface area (Å²) >= 11 is 3.40. The number of aromatic nitrogens is 2. The van der Waals surface area contributed by atoms with E-state index in [2.05, 4.69) is 33.3 Å². The fourth-order valence-corrected chi connectivity index (χ4v) is 2.41. The van der Waals surface area contributed by atoms with E-state index in [1.54, 1.807) is 10.9 Å². The number of benzene rings is 1. The molecule has 0 aliphatic rings. The number of rotatable bonds is 8. The van der Waals surface area contributed by atoms with E-state index in [-0.39, 0.29) is 0 Å². The summed E-state index contributed by atoms with van der Waals surface area (Å²) in [7, 11) is 0. The number of nitrogens with one attached hydrogen (secondary N) is 1. The third-order valence-corrected chi connectivity index (χ3v) is 3.95. The van der Waals surface area contributed by atoms with Gasteiger partial charge in [0.1, 0.15) is 6.04 Å². The monoisotopic (exact) mass is 365 g/mol.